The minimum Gasteiger partial charge on any atom is -0.491 e. The molecule has 1 rings (SSSR count). The van der Waals surface area contributed by atoms with Crippen molar-refractivity contribution in [1.82, 2.24) is 0 Å². The molecular formula is C14H20FNO3. The molecule has 0 amide bonds. The number of esters is 1. The Kier molecular flexibility index (Phi) is 5.15. The first-order valence-electron chi connectivity index (χ1n) is 6.28. The summed E-state index contributed by atoms with van der Waals surface area (Å²) in [6, 6.07) is 4.49. The second kappa shape index (κ2) is 6.41. The molecule has 0 atom stereocenters. The molecule has 106 valence electrons. The maximum Gasteiger partial charge on any atom is 0.331 e. The average molecular weight is 269 g/mol. The monoisotopic (exact) mass is 269 g/mol. The van der Waals surface area contributed by atoms with E-state index in [4.69, 9.17) is 9.47 Å². The molecule has 0 aliphatic carbocycles. The van der Waals surface area contributed by atoms with Gasteiger partial charge in [0.15, 0.2) is 11.6 Å². The van der Waals surface area contributed by atoms with Gasteiger partial charge in [0.2, 0.25) is 0 Å². The predicted molar refractivity (Wildman–Crippen MR) is 71.9 cm³/mol. The van der Waals surface area contributed by atoms with E-state index in [1.54, 1.807) is 33.8 Å². The Morgan fingerprint density at radius 1 is 1.32 bits per heavy atom. The lowest BCUT2D eigenvalue weighted by Gasteiger charge is -2.25. The van der Waals surface area contributed by atoms with Crippen LogP contribution in [0.15, 0.2) is 18.2 Å². The van der Waals surface area contributed by atoms with Crippen LogP contribution >= 0.6 is 0 Å². The smallest absolute Gasteiger partial charge is 0.331 e. The highest BCUT2D eigenvalue weighted by Gasteiger charge is 2.29. The molecule has 1 N–H and O–H groups in total. The first-order chi connectivity index (χ1) is 8.90. The number of nitrogens with one attached hydrogen (secondary N) is 1. The third-order valence-corrected chi connectivity index (χ3v) is 2.47. The second-order valence-corrected chi connectivity index (χ2v) is 4.55. The number of anilines is 1. The Morgan fingerprint density at radius 2 is 2.00 bits per heavy atom. The Hall–Kier alpha value is -1.78. The van der Waals surface area contributed by atoms with Crippen molar-refractivity contribution in [3.8, 4) is 5.75 Å². The van der Waals surface area contributed by atoms with Crippen LogP contribution in [0.3, 0.4) is 0 Å². The molecule has 0 fully saturated rings. The molecule has 5 heteroatoms. The number of rotatable bonds is 6. The van der Waals surface area contributed by atoms with Gasteiger partial charge in [-0.1, -0.05) is 0 Å². The molecule has 0 bridgehead atoms. The summed E-state index contributed by atoms with van der Waals surface area (Å²) >= 11 is 0. The first-order valence-corrected chi connectivity index (χ1v) is 6.28. The predicted octanol–water partition coefficient (Wildman–Crippen LogP) is 2.98. The molecule has 0 heterocycles. The fourth-order valence-electron chi connectivity index (χ4n) is 1.57. The van der Waals surface area contributed by atoms with Crippen LogP contribution in [0.1, 0.15) is 27.7 Å². The van der Waals surface area contributed by atoms with E-state index in [9.17, 15) is 9.18 Å². The highest BCUT2D eigenvalue weighted by atomic mass is 19.1. The molecule has 0 spiro atoms. The number of benzene rings is 1. The molecular weight excluding hydrogens is 249 g/mol. The van der Waals surface area contributed by atoms with Gasteiger partial charge in [0.1, 0.15) is 5.54 Å². The van der Waals surface area contributed by atoms with Gasteiger partial charge < -0.3 is 14.8 Å². The molecule has 1 aromatic rings. The van der Waals surface area contributed by atoms with Crippen LogP contribution in [-0.2, 0) is 9.53 Å². The molecule has 0 saturated heterocycles. The summed E-state index contributed by atoms with van der Waals surface area (Å²) in [4.78, 5) is 11.7. The highest BCUT2D eigenvalue weighted by Crippen LogP contribution is 2.23. The van der Waals surface area contributed by atoms with Crippen molar-refractivity contribution >= 4 is 11.7 Å². The zero-order valence-electron chi connectivity index (χ0n) is 11.7. The van der Waals surface area contributed by atoms with Gasteiger partial charge >= 0.3 is 5.97 Å². The summed E-state index contributed by atoms with van der Waals surface area (Å²) in [7, 11) is 0. The maximum absolute atomic E-state index is 13.7. The maximum atomic E-state index is 13.7. The molecule has 4 nitrogen and oxygen atoms in total. The summed E-state index contributed by atoms with van der Waals surface area (Å²) in [5, 5.41) is 2.94. The lowest BCUT2D eigenvalue weighted by molar-refractivity contribution is -0.147. The van der Waals surface area contributed by atoms with Crippen molar-refractivity contribution < 1.29 is 18.7 Å². The van der Waals surface area contributed by atoms with E-state index in [1.807, 2.05) is 0 Å². The fourth-order valence-corrected chi connectivity index (χ4v) is 1.57. The van der Waals surface area contributed by atoms with Gasteiger partial charge in [-0.25, -0.2) is 9.18 Å². The molecule has 0 aliphatic rings. The molecule has 0 aromatic heterocycles. The highest BCUT2D eigenvalue weighted by molar-refractivity contribution is 5.83. The molecule has 0 radical (unpaired) electrons. The quantitative estimate of drug-likeness (QED) is 0.806. The zero-order valence-corrected chi connectivity index (χ0v) is 11.7. The normalized spacial score (nSPS) is 11.0. The van der Waals surface area contributed by atoms with Gasteiger partial charge in [0.25, 0.3) is 0 Å². The van der Waals surface area contributed by atoms with E-state index < -0.39 is 11.4 Å². The van der Waals surface area contributed by atoms with E-state index in [0.29, 0.717) is 18.9 Å². The fraction of sp³-hybridized carbons (Fsp3) is 0.500. The topological polar surface area (TPSA) is 47.6 Å². The Bertz CT molecular complexity index is 446. The second-order valence-electron chi connectivity index (χ2n) is 4.55. The third kappa shape index (κ3) is 4.12. The summed E-state index contributed by atoms with van der Waals surface area (Å²) in [5.74, 6) is -0.655. The van der Waals surface area contributed by atoms with Crippen molar-refractivity contribution in [2.75, 3.05) is 18.5 Å². The lowest BCUT2D eigenvalue weighted by atomic mass is 10.1. The van der Waals surface area contributed by atoms with Gasteiger partial charge in [-0.2, -0.15) is 0 Å². The van der Waals surface area contributed by atoms with E-state index in [2.05, 4.69) is 5.32 Å². The minimum absolute atomic E-state index is 0.196. The molecule has 1 aromatic carbocycles. The largest absolute Gasteiger partial charge is 0.491 e. The van der Waals surface area contributed by atoms with Crippen LogP contribution in [-0.4, -0.2) is 24.7 Å². The van der Waals surface area contributed by atoms with E-state index >= 15 is 0 Å². The van der Waals surface area contributed by atoms with E-state index in [1.165, 1.54) is 12.1 Å². The number of hydrogen-bond acceptors (Lipinski definition) is 4. The number of halogens is 1. The zero-order chi connectivity index (χ0) is 14.5. The average Bonchev–Trinajstić information content (AvgIpc) is 2.32. The summed E-state index contributed by atoms with van der Waals surface area (Å²) in [6.07, 6.45) is 0. The summed E-state index contributed by atoms with van der Waals surface area (Å²) in [5.41, 5.74) is -0.422. The van der Waals surface area contributed by atoms with Crippen molar-refractivity contribution in [3.63, 3.8) is 0 Å². The van der Waals surface area contributed by atoms with Gasteiger partial charge in [-0.15, -0.1) is 0 Å². The third-order valence-electron chi connectivity index (χ3n) is 2.47. The lowest BCUT2D eigenvalue weighted by Crippen LogP contribution is -2.41. The Balaban J connectivity index is 2.82. The van der Waals surface area contributed by atoms with Gasteiger partial charge in [0, 0.05) is 11.8 Å². The first kappa shape index (κ1) is 15.3. The van der Waals surface area contributed by atoms with Crippen molar-refractivity contribution in [2.24, 2.45) is 0 Å². The summed E-state index contributed by atoms with van der Waals surface area (Å²) < 4.78 is 23.7. The number of ether oxygens (including phenoxy) is 2. The van der Waals surface area contributed by atoms with Gasteiger partial charge in [-0.05, 0) is 39.8 Å². The van der Waals surface area contributed by atoms with Crippen LogP contribution in [0.25, 0.3) is 0 Å². The number of hydrogen-bond donors (Lipinski definition) is 1. The van der Waals surface area contributed by atoms with Crippen molar-refractivity contribution in [2.45, 2.75) is 33.2 Å². The molecule has 0 unspecified atom stereocenters. The van der Waals surface area contributed by atoms with Crippen LogP contribution < -0.4 is 10.1 Å². The molecule has 19 heavy (non-hydrogen) atoms. The van der Waals surface area contributed by atoms with E-state index in [-0.39, 0.29) is 11.7 Å². The van der Waals surface area contributed by atoms with Crippen LogP contribution in [0.4, 0.5) is 10.1 Å². The molecule has 0 aliphatic heterocycles. The minimum atomic E-state index is -0.921. The van der Waals surface area contributed by atoms with E-state index in [0.717, 1.165) is 0 Å². The summed E-state index contributed by atoms with van der Waals surface area (Å²) in [6.45, 7) is 7.60. The van der Waals surface area contributed by atoms with Crippen LogP contribution in [0.2, 0.25) is 0 Å². The van der Waals surface area contributed by atoms with Gasteiger partial charge in [-0.3, -0.25) is 0 Å². The van der Waals surface area contributed by atoms with Gasteiger partial charge in [0.05, 0.1) is 13.2 Å². The molecule has 0 saturated carbocycles. The number of carbonyl (C=O) groups excluding carboxylic acids is 1. The SMILES string of the molecule is CCOC(=O)C(C)(C)Nc1ccc(OCC)c(F)c1. The van der Waals surface area contributed by atoms with Crippen molar-refractivity contribution in [3.05, 3.63) is 24.0 Å². The van der Waals surface area contributed by atoms with Crippen molar-refractivity contribution in [1.29, 1.82) is 0 Å². The Morgan fingerprint density at radius 3 is 2.53 bits per heavy atom. The van der Waals surface area contributed by atoms with Crippen LogP contribution in [0.5, 0.6) is 5.75 Å². The Labute approximate surface area is 112 Å². The van der Waals surface area contributed by atoms with Crippen LogP contribution in [0, 0.1) is 5.82 Å². The number of carbonyl (C=O) groups is 1. The standard InChI is InChI=1S/C14H20FNO3/c1-5-18-12-8-7-10(9-11(12)15)16-14(3,4)13(17)19-6-2/h7-9,16H,5-6H2,1-4H3.